The van der Waals surface area contributed by atoms with Crippen molar-refractivity contribution in [3.63, 3.8) is 0 Å². The first-order chi connectivity index (χ1) is 10.2. The molecule has 118 valence electrons. The molecule has 3 rings (SSSR count). The molecule has 0 unspecified atom stereocenters. The number of carboxylic acid groups (broad SMARTS) is 2. The largest absolute Gasteiger partial charge is 0.481 e. The van der Waals surface area contributed by atoms with E-state index in [1.807, 2.05) is 31.2 Å². The fraction of sp³-hybridized carbons (Fsp3) is 0.500. The van der Waals surface area contributed by atoms with Crippen molar-refractivity contribution in [2.45, 2.75) is 29.5 Å². The second-order valence-electron chi connectivity index (χ2n) is 6.35. The predicted molar refractivity (Wildman–Crippen MR) is 82.3 cm³/mol. The molecule has 2 aliphatic carbocycles. The van der Waals surface area contributed by atoms with Gasteiger partial charge in [-0.2, -0.15) is 0 Å². The highest BCUT2D eigenvalue weighted by Crippen LogP contribution is 2.76. The number of aliphatic carboxylic acids is 2. The number of carboxylic acids is 2. The lowest BCUT2D eigenvalue weighted by atomic mass is 9.71. The van der Waals surface area contributed by atoms with Crippen LogP contribution in [0.5, 0.6) is 0 Å². The average Bonchev–Trinajstić information content (AvgIpc) is 2.94. The number of benzene rings is 1. The summed E-state index contributed by atoms with van der Waals surface area (Å²) >= 11 is 13.0. The van der Waals surface area contributed by atoms with Gasteiger partial charge >= 0.3 is 11.9 Å². The first kappa shape index (κ1) is 15.6. The van der Waals surface area contributed by atoms with Crippen LogP contribution in [0.3, 0.4) is 0 Å². The summed E-state index contributed by atoms with van der Waals surface area (Å²) in [5.41, 5.74) is 1.27. The number of rotatable bonds is 3. The normalized spacial score (nSPS) is 35.5. The zero-order valence-corrected chi connectivity index (χ0v) is 13.4. The molecule has 6 heteroatoms. The lowest BCUT2D eigenvalue weighted by Crippen LogP contribution is -2.38. The third-order valence-corrected chi connectivity index (χ3v) is 6.43. The maximum Gasteiger partial charge on any atom is 0.307 e. The van der Waals surface area contributed by atoms with E-state index in [-0.39, 0.29) is 18.8 Å². The molecule has 2 N–H and O–H groups in total. The first-order valence-corrected chi connectivity index (χ1v) is 7.88. The SMILES string of the molecule is Cc1cccc([C@]23C[C@H](C(=O)O)[C@@H](C(=O)O)C[C@H]2C3(Cl)Cl)c1. The van der Waals surface area contributed by atoms with E-state index >= 15 is 0 Å². The molecule has 1 aromatic rings. The van der Waals surface area contributed by atoms with Crippen LogP contribution >= 0.6 is 23.2 Å². The topological polar surface area (TPSA) is 74.6 Å². The highest BCUT2D eigenvalue weighted by Gasteiger charge is 2.79. The minimum absolute atomic E-state index is 0.153. The van der Waals surface area contributed by atoms with Crippen molar-refractivity contribution in [1.82, 2.24) is 0 Å². The third-order valence-electron chi connectivity index (χ3n) is 5.23. The van der Waals surface area contributed by atoms with Crippen LogP contribution in [0.2, 0.25) is 0 Å². The molecule has 0 spiro atoms. The molecule has 0 aliphatic heterocycles. The summed E-state index contributed by atoms with van der Waals surface area (Å²) in [7, 11) is 0. The monoisotopic (exact) mass is 342 g/mol. The van der Waals surface area contributed by atoms with Gasteiger partial charge in [-0.05, 0) is 25.3 Å². The van der Waals surface area contributed by atoms with Gasteiger partial charge in [0.25, 0.3) is 0 Å². The van der Waals surface area contributed by atoms with Crippen molar-refractivity contribution >= 4 is 35.1 Å². The standard InChI is InChI=1S/C16H16Cl2O4/c1-8-3-2-4-9(5-8)15-7-11(14(21)22)10(13(19)20)6-12(15)16(15,17)18/h2-5,10-12H,6-7H2,1H3,(H,19,20)(H,21,22)/t10-,11-,12+,15+/m0/s1. The predicted octanol–water partition coefficient (Wildman–Crippen LogP) is 3.23. The minimum Gasteiger partial charge on any atom is -0.481 e. The van der Waals surface area contributed by atoms with Crippen molar-refractivity contribution < 1.29 is 19.8 Å². The van der Waals surface area contributed by atoms with Crippen LogP contribution in [0.4, 0.5) is 0 Å². The zero-order chi connectivity index (χ0) is 16.3. The summed E-state index contributed by atoms with van der Waals surface area (Å²) < 4.78 is -1.11. The Morgan fingerprint density at radius 3 is 2.36 bits per heavy atom. The number of alkyl halides is 2. The van der Waals surface area contributed by atoms with Gasteiger partial charge in [0.1, 0.15) is 4.33 Å². The Balaban J connectivity index is 2.05. The number of carbonyl (C=O) groups is 2. The first-order valence-electron chi connectivity index (χ1n) is 7.12. The Morgan fingerprint density at radius 2 is 1.82 bits per heavy atom. The average molecular weight is 343 g/mol. The Morgan fingerprint density at radius 1 is 1.18 bits per heavy atom. The molecule has 0 bridgehead atoms. The van der Waals surface area contributed by atoms with Gasteiger partial charge in [-0.1, -0.05) is 29.8 Å². The second-order valence-corrected chi connectivity index (χ2v) is 7.73. The summed E-state index contributed by atoms with van der Waals surface area (Å²) in [5.74, 6) is -4.36. The fourth-order valence-corrected chi connectivity index (χ4v) is 5.11. The number of halogens is 2. The van der Waals surface area contributed by atoms with Gasteiger partial charge in [-0.3, -0.25) is 9.59 Å². The van der Waals surface area contributed by atoms with Gasteiger partial charge in [0.05, 0.1) is 11.8 Å². The number of hydrogen-bond donors (Lipinski definition) is 2. The fourth-order valence-electron chi connectivity index (χ4n) is 4.03. The molecule has 0 heterocycles. The third kappa shape index (κ3) is 1.97. The summed E-state index contributed by atoms with van der Waals surface area (Å²) in [6.07, 6.45) is 0.341. The highest BCUT2D eigenvalue weighted by molar-refractivity contribution is 6.52. The molecule has 0 amide bonds. The van der Waals surface area contributed by atoms with Crippen molar-refractivity contribution in [3.05, 3.63) is 35.4 Å². The smallest absolute Gasteiger partial charge is 0.307 e. The molecule has 22 heavy (non-hydrogen) atoms. The minimum atomic E-state index is -1.11. The molecule has 0 saturated heterocycles. The summed E-state index contributed by atoms with van der Waals surface area (Å²) in [5, 5.41) is 18.7. The van der Waals surface area contributed by atoms with Crippen molar-refractivity contribution in [3.8, 4) is 0 Å². The maximum absolute atomic E-state index is 11.5. The van der Waals surface area contributed by atoms with E-state index in [1.165, 1.54) is 0 Å². The van der Waals surface area contributed by atoms with Crippen LogP contribution in [0, 0.1) is 24.7 Å². The second kappa shape index (κ2) is 4.87. The molecule has 4 atom stereocenters. The molecule has 0 aromatic heterocycles. The Bertz CT molecular complexity index is 657. The van der Waals surface area contributed by atoms with E-state index < -0.39 is 33.5 Å². The van der Waals surface area contributed by atoms with Gasteiger partial charge in [0.15, 0.2) is 0 Å². The van der Waals surface area contributed by atoms with Gasteiger partial charge in [-0.25, -0.2) is 0 Å². The summed E-state index contributed by atoms with van der Waals surface area (Å²) in [4.78, 5) is 22.9. The molecule has 4 nitrogen and oxygen atoms in total. The maximum atomic E-state index is 11.5. The molecule has 0 radical (unpaired) electrons. The number of hydrogen-bond acceptors (Lipinski definition) is 2. The van der Waals surface area contributed by atoms with Crippen molar-refractivity contribution in [2.24, 2.45) is 17.8 Å². The summed E-state index contributed by atoms with van der Waals surface area (Å²) in [6, 6.07) is 7.68. The highest BCUT2D eigenvalue weighted by atomic mass is 35.5. The van der Waals surface area contributed by atoms with Crippen LogP contribution in [0.15, 0.2) is 24.3 Å². The Labute approximate surface area is 138 Å². The van der Waals surface area contributed by atoms with Crippen LogP contribution < -0.4 is 0 Å². The van der Waals surface area contributed by atoms with Crippen LogP contribution in [0.1, 0.15) is 24.0 Å². The van der Waals surface area contributed by atoms with Gasteiger partial charge < -0.3 is 10.2 Å². The zero-order valence-electron chi connectivity index (χ0n) is 11.9. The molecular formula is C16H16Cl2O4. The number of aryl methyl sites for hydroxylation is 1. The molecule has 2 saturated carbocycles. The van der Waals surface area contributed by atoms with E-state index in [2.05, 4.69) is 0 Å². The lowest BCUT2D eigenvalue weighted by molar-refractivity contribution is -0.156. The van der Waals surface area contributed by atoms with Gasteiger partial charge in [0, 0.05) is 11.3 Å². The summed E-state index contributed by atoms with van der Waals surface area (Å²) in [6.45, 7) is 1.94. The van der Waals surface area contributed by atoms with Gasteiger partial charge in [-0.15, -0.1) is 23.2 Å². The molecular weight excluding hydrogens is 327 g/mol. The van der Waals surface area contributed by atoms with E-state index in [1.54, 1.807) is 0 Å². The van der Waals surface area contributed by atoms with Crippen LogP contribution in [0.25, 0.3) is 0 Å². The Hall–Kier alpha value is -1.26. The van der Waals surface area contributed by atoms with Crippen LogP contribution in [-0.2, 0) is 15.0 Å². The van der Waals surface area contributed by atoms with E-state index in [0.717, 1.165) is 11.1 Å². The lowest BCUT2D eigenvalue weighted by Gasteiger charge is -2.31. The van der Waals surface area contributed by atoms with Crippen molar-refractivity contribution in [1.29, 1.82) is 0 Å². The molecule has 1 aromatic carbocycles. The quantitative estimate of drug-likeness (QED) is 0.827. The van der Waals surface area contributed by atoms with Gasteiger partial charge in [0.2, 0.25) is 0 Å². The van der Waals surface area contributed by atoms with E-state index in [4.69, 9.17) is 23.2 Å². The Kier molecular flexibility index (Phi) is 3.46. The van der Waals surface area contributed by atoms with Crippen molar-refractivity contribution in [2.75, 3.05) is 0 Å². The molecule has 2 aliphatic rings. The van der Waals surface area contributed by atoms with Crippen LogP contribution in [-0.4, -0.2) is 26.5 Å². The van der Waals surface area contributed by atoms with E-state index in [9.17, 15) is 19.8 Å². The number of fused-ring (bicyclic) bond motifs is 1. The van der Waals surface area contributed by atoms with E-state index in [0.29, 0.717) is 0 Å². The molecule has 2 fully saturated rings.